The van der Waals surface area contributed by atoms with E-state index < -0.39 is 0 Å². The van der Waals surface area contributed by atoms with Crippen LogP contribution in [0.15, 0.2) is 18.2 Å². The second-order valence-corrected chi connectivity index (χ2v) is 5.76. The van der Waals surface area contributed by atoms with E-state index in [1.54, 1.807) is 14.2 Å². The molecular weight excluding hydrogens is 266 g/mol. The summed E-state index contributed by atoms with van der Waals surface area (Å²) in [6.07, 6.45) is 3.26. The van der Waals surface area contributed by atoms with Gasteiger partial charge in [-0.15, -0.1) is 0 Å². The van der Waals surface area contributed by atoms with Crippen molar-refractivity contribution in [2.24, 2.45) is 0 Å². The lowest BCUT2D eigenvalue weighted by Gasteiger charge is -2.35. The summed E-state index contributed by atoms with van der Waals surface area (Å²) in [5.74, 6) is 1.65. The first-order valence-electron chi connectivity index (χ1n) is 7.74. The Hall–Kier alpha value is -1.26. The van der Waals surface area contributed by atoms with Crippen molar-refractivity contribution in [1.29, 1.82) is 0 Å². The van der Waals surface area contributed by atoms with Crippen LogP contribution in [-0.2, 0) is 4.74 Å². The molecule has 118 valence electrons. The van der Waals surface area contributed by atoms with Gasteiger partial charge in [0.05, 0.1) is 25.9 Å². The molecule has 21 heavy (non-hydrogen) atoms. The summed E-state index contributed by atoms with van der Waals surface area (Å²) in [6, 6.07) is 6.13. The topological polar surface area (TPSA) is 39.7 Å². The Morgan fingerprint density at radius 3 is 2.71 bits per heavy atom. The first-order valence-corrected chi connectivity index (χ1v) is 7.74. The van der Waals surface area contributed by atoms with Gasteiger partial charge < -0.3 is 19.5 Å². The maximum absolute atomic E-state index is 6.06. The molecule has 1 aromatic carbocycles. The molecule has 0 saturated carbocycles. The highest BCUT2D eigenvalue weighted by molar-refractivity contribution is 5.43. The highest BCUT2D eigenvalue weighted by atomic mass is 16.5. The van der Waals surface area contributed by atoms with Crippen molar-refractivity contribution in [1.82, 2.24) is 5.32 Å². The van der Waals surface area contributed by atoms with Crippen LogP contribution >= 0.6 is 0 Å². The quantitative estimate of drug-likeness (QED) is 0.837. The van der Waals surface area contributed by atoms with Crippen LogP contribution in [0.3, 0.4) is 0 Å². The average Bonchev–Trinajstić information content (AvgIpc) is 2.95. The zero-order valence-electron chi connectivity index (χ0n) is 13.6. The number of benzene rings is 1. The van der Waals surface area contributed by atoms with Crippen LogP contribution in [0.4, 0.5) is 0 Å². The second kappa shape index (κ2) is 7.14. The molecule has 2 atom stereocenters. The number of methoxy groups -OCH3 is 2. The van der Waals surface area contributed by atoms with Gasteiger partial charge in [0.2, 0.25) is 0 Å². The number of ether oxygens (including phenoxy) is 3. The van der Waals surface area contributed by atoms with Gasteiger partial charge in [-0.2, -0.15) is 0 Å². The van der Waals surface area contributed by atoms with Gasteiger partial charge in [0, 0.05) is 18.2 Å². The third kappa shape index (κ3) is 3.50. The Kier molecular flexibility index (Phi) is 5.48. The van der Waals surface area contributed by atoms with E-state index >= 15 is 0 Å². The fourth-order valence-corrected chi connectivity index (χ4v) is 3.03. The van der Waals surface area contributed by atoms with E-state index in [0.717, 1.165) is 49.5 Å². The molecule has 0 radical (unpaired) electrons. The van der Waals surface area contributed by atoms with Crippen LogP contribution in [0, 0.1) is 0 Å². The van der Waals surface area contributed by atoms with Gasteiger partial charge in [0.15, 0.2) is 0 Å². The molecule has 0 spiro atoms. The maximum Gasteiger partial charge on any atom is 0.127 e. The molecule has 0 amide bonds. The van der Waals surface area contributed by atoms with Crippen molar-refractivity contribution < 1.29 is 14.2 Å². The molecule has 0 aromatic heterocycles. The summed E-state index contributed by atoms with van der Waals surface area (Å²) in [7, 11) is 3.37. The number of rotatable bonds is 7. The number of hydrogen-bond acceptors (Lipinski definition) is 4. The minimum atomic E-state index is -0.183. The third-order valence-electron chi connectivity index (χ3n) is 4.21. The Morgan fingerprint density at radius 2 is 2.14 bits per heavy atom. The number of hydrogen-bond donors (Lipinski definition) is 1. The molecule has 1 aromatic rings. The molecule has 1 aliphatic heterocycles. The molecule has 2 unspecified atom stereocenters. The standard InChI is InChI=1S/C17H27NO3/c1-5-10-18-16(17(2)9-6-11-21-17)14-8-7-13(19-3)12-15(14)20-4/h7-8,12,16,18H,5-6,9-11H2,1-4H3. The van der Waals surface area contributed by atoms with E-state index in [0.29, 0.717) is 0 Å². The van der Waals surface area contributed by atoms with E-state index in [1.165, 1.54) is 0 Å². The molecule has 0 aliphatic carbocycles. The third-order valence-corrected chi connectivity index (χ3v) is 4.21. The van der Waals surface area contributed by atoms with Crippen molar-refractivity contribution in [3.63, 3.8) is 0 Å². The second-order valence-electron chi connectivity index (χ2n) is 5.76. The monoisotopic (exact) mass is 293 g/mol. The molecule has 1 saturated heterocycles. The van der Waals surface area contributed by atoms with Gasteiger partial charge in [-0.05, 0) is 44.9 Å². The Balaban J connectivity index is 2.35. The van der Waals surface area contributed by atoms with Crippen LogP contribution < -0.4 is 14.8 Å². The van der Waals surface area contributed by atoms with Gasteiger partial charge in [0.1, 0.15) is 11.5 Å². The van der Waals surface area contributed by atoms with Gasteiger partial charge in [-0.25, -0.2) is 0 Å². The van der Waals surface area contributed by atoms with Gasteiger partial charge >= 0.3 is 0 Å². The highest BCUT2D eigenvalue weighted by Gasteiger charge is 2.40. The van der Waals surface area contributed by atoms with Gasteiger partial charge in [-0.1, -0.05) is 6.92 Å². The predicted molar refractivity (Wildman–Crippen MR) is 84.2 cm³/mol. The molecule has 4 heteroatoms. The van der Waals surface area contributed by atoms with Crippen LogP contribution in [0.2, 0.25) is 0 Å². The first-order chi connectivity index (χ1) is 10.1. The van der Waals surface area contributed by atoms with E-state index in [2.05, 4.69) is 25.2 Å². The fourth-order valence-electron chi connectivity index (χ4n) is 3.03. The van der Waals surface area contributed by atoms with Crippen LogP contribution in [0.1, 0.15) is 44.7 Å². The van der Waals surface area contributed by atoms with Gasteiger partial charge in [-0.3, -0.25) is 0 Å². The first kappa shape index (κ1) is 16.1. The van der Waals surface area contributed by atoms with Crippen LogP contribution in [0.5, 0.6) is 11.5 Å². The highest BCUT2D eigenvalue weighted by Crippen LogP contribution is 2.41. The van der Waals surface area contributed by atoms with Crippen molar-refractivity contribution in [3.05, 3.63) is 23.8 Å². The van der Waals surface area contributed by atoms with E-state index in [9.17, 15) is 0 Å². The lowest BCUT2D eigenvalue weighted by atomic mass is 9.87. The summed E-state index contributed by atoms with van der Waals surface area (Å²) in [5, 5.41) is 3.63. The van der Waals surface area contributed by atoms with Gasteiger partial charge in [0.25, 0.3) is 0 Å². The minimum absolute atomic E-state index is 0.126. The zero-order valence-corrected chi connectivity index (χ0v) is 13.6. The van der Waals surface area contributed by atoms with E-state index in [1.807, 2.05) is 12.1 Å². The van der Waals surface area contributed by atoms with Crippen molar-refractivity contribution in [2.45, 2.75) is 44.8 Å². The summed E-state index contributed by atoms with van der Waals surface area (Å²) in [6.45, 7) is 6.15. The largest absolute Gasteiger partial charge is 0.497 e. The maximum atomic E-state index is 6.06. The summed E-state index contributed by atoms with van der Waals surface area (Å²) < 4.78 is 16.9. The molecule has 1 aliphatic rings. The molecule has 0 bridgehead atoms. The van der Waals surface area contributed by atoms with Crippen molar-refractivity contribution in [2.75, 3.05) is 27.4 Å². The molecule has 4 nitrogen and oxygen atoms in total. The van der Waals surface area contributed by atoms with Crippen LogP contribution in [0.25, 0.3) is 0 Å². The van der Waals surface area contributed by atoms with E-state index in [-0.39, 0.29) is 11.6 Å². The smallest absolute Gasteiger partial charge is 0.127 e. The summed E-state index contributed by atoms with van der Waals surface area (Å²) in [5.41, 5.74) is 0.952. The van der Waals surface area contributed by atoms with Crippen LogP contribution in [-0.4, -0.2) is 33.0 Å². The lowest BCUT2D eigenvalue weighted by molar-refractivity contribution is -0.0130. The average molecular weight is 293 g/mol. The number of nitrogens with one attached hydrogen (secondary N) is 1. The predicted octanol–water partition coefficient (Wildman–Crippen LogP) is 3.31. The lowest BCUT2D eigenvalue weighted by Crippen LogP contribution is -2.41. The van der Waals surface area contributed by atoms with Crippen molar-refractivity contribution >= 4 is 0 Å². The Labute approximate surface area is 127 Å². The van der Waals surface area contributed by atoms with E-state index in [4.69, 9.17) is 14.2 Å². The summed E-state index contributed by atoms with van der Waals surface area (Å²) in [4.78, 5) is 0. The SMILES string of the molecule is CCCNC(c1ccc(OC)cc1OC)C1(C)CCCO1. The normalized spacial score (nSPS) is 23.0. The van der Waals surface area contributed by atoms with Crippen molar-refractivity contribution in [3.8, 4) is 11.5 Å². The summed E-state index contributed by atoms with van der Waals surface area (Å²) >= 11 is 0. The minimum Gasteiger partial charge on any atom is -0.497 e. The molecule has 1 N–H and O–H groups in total. The molecular formula is C17H27NO3. The zero-order chi connectivity index (χ0) is 15.3. The fraction of sp³-hybridized carbons (Fsp3) is 0.647. The Morgan fingerprint density at radius 1 is 1.33 bits per heavy atom. The Bertz CT molecular complexity index is 455. The molecule has 2 rings (SSSR count). The molecule has 1 fully saturated rings. The molecule has 1 heterocycles.